The molecule has 0 radical (unpaired) electrons. The number of nitrogens with one attached hydrogen (secondary N) is 1. The van der Waals surface area contributed by atoms with E-state index in [2.05, 4.69) is 10.3 Å². The molecule has 0 aliphatic carbocycles. The number of aromatic nitrogens is 1. The van der Waals surface area contributed by atoms with Crippen molar-refractivity contribution in [2.24, 2.45) is 0 Å². The summed E-state index contributed by atoms with van der Waals surface area (Å²) in [5.74, 6) is -0.880. The number of hydrogen-bond acceptors (Lipinski definition) is 6. The summed E-state index contributed by atoms with van der Waals surface area (Å²) in [5, 5.41) is 13.2. The standard InChI is InChI=1S/C8H10AsNO5.C4H3NOS/c1-5(11)10-8-6(9(13,14)15)3-2-4-7(8)12;6-1-4-2-7-3-5-4/h2-4,12H,1H3,(H,10,11)(H2,13,14,15);1-3H. The fourth-order valence-electron chi connectivity index (χ4n) is 1.36. The fourth-order valence-corrected chi connectivity index (χ4v) is 3.41. The summed E-state index contributed by atoms with van der Waals surface area (Å²) < 4.78 is 28.8. The topological polar surface area (TPSA) is 137 Å². The fraction of sp³-hybridized carbons (Fsp3) is 0.0833. The molecule has 22 heavy (non-hydrogen) atoms. The van der Waals surface area contributed by atoms with Gasteiger partial charge in [0.1, 0.15) is 5.69 Å². The summed E-state index contributed by atoms with van der Waals surface area (Å²) >= 11 is -3.72. The second-order valence-electron chi connectivity index (χ2n) is 3.93. The second-order valence-corrected chi connectivity index (χ2v) is 7.94. The van der Waals surface area contributed by atoms with Crippen LogP contribution in [-0.2, 0) is 8.53 Å². The van der Waals surface area contributed by atoms with Crippen LogP contribution in [0.5, 0.6) is 5.75 Å². The number of phenolic OH excluding ortho intramolecular Hbond substituents is 1. The van der Waals surface area contributed by atoms with Crippen molar-refractivity contribution in [2.45, 2.75) is 6.92 Å². The van der Waals surface area contributed by atoms with Crippen LogP contribution < -0.4 is 9.67 Å². The minimum Gasteiger partial charge on any atom is -0.296 e. The molecule has 0 fully saturated rings. The first-order valence-corrected chi connectivity index (χ1v) is 10.1. The van der Waals surface area contributed by atoms with Crippen LogP contribution in [0.15, 0.2) is 29.1 Å². The van der Waals surface area contributed by atoms with Crippen molar-refractivity contribution >= 4 is 47.7 Å². The second kappa shape index (κ2) is 7.90. The SMILES string of the molecule is CC(=O)Nc1c(O)cccc1[As](=O)(O)O.O=Cc1cscn1. The molecule has 0 spiro atoms. The van der Waals surface area contributed by atoms with E-state index in [1.54, 1.807) is 10.9 Å². The van der Waals surface area contributed by atoms with Crippen molar-refractivity contribution in [3.05, 3.63) is 34.8 Å². The van der Waals surface area contributed by atoms with Crippen LogP contribution in [0, 0.1) is 0 Å². The maximum absolute atomic E-state index is 11.1. The number of benzene rings is 1. The number of carbonyl (C=O) groups is 2. The Kier molecular flexibility index (Phi) is 6.51. The first-order chi connectivity index (χ1) is 10.3. The average Bonchev–Trinajstić information content (AvgIpc) is 2.93. The van der Waals surface area contributed by atoms with E-state index in [4.69, 9.17) is 8.19 Å². The Morgan fingerprint density at radius 1 is 1.41 bits per heavy atom. The molecule has 0 atom stereocenters. The zero-order chi connectivity index (χ0) is 16.8. The molecule has 4 N–H and O–H groups in total. The van der Waals surface area contributed by atoms with Gasteiger partial charge < -0.3 is 0 Å². The van der Waals surface area contributed by atoms with Gasteiger partial charge in [-0.15, -0.1) is 11.3 Å². The van der Waals surface area contributed by atoms with Gasteiger partial charge in [-0.3, -0.25) is 4.79 Å². The van der Waals surface area contributed by atoms with E-state index < -0.39 is 20.1 Å². The number of hydrogen-bond donors (Lipinski definition) is 4. The van der Waals surface area contributed by atoms with Crippen LogP contribution in [-0.4, -0.2) is 44.6 Å². The molecule has 1 heterocycles. The summed E-state index contributed by atoms with van der Waals surface area (Å²) in [6.07, 6.45) is 0.733. The van der Waals surface area contributed by atoms with Crippen molar-refractivity contribution in [3.63, 3.8) is 0 Å². The zero-order valence-electron chi connectivity index (χ0n) is 11.3. The number of amides is 1. The molecule has 0 aliphatic heterocycles. The van der Waals surface area contributed by atoms with Gasteiger partial charge in [0.05, 0.1) is 5.51 Å². The van der Waals surface area contributed by atoms with E-state index in [0.717, 1.165) is 6.29 Å². The van der Waals surface area contributed by atoms with E-state index in [0.29, 0.717) is 5.69 Å². The third kappa shape index (κ3) is 5.45. The van der Waals surface area contributed by atoms with Gasteiger partial charge in [-0.2, -0.15) is 0 Å². The Balaban J connectivity index is 0.000000287. The number of thiazole rings is 1. The Morgan fingerprint density at radius 2 is 2.09 bits per heavy atom. The van der Waals surface area contributed by atoms with Gasteiger partial charge in [-0.1, -0.05) is 0 Å². The third-order valence-corrected chi connectivity index (χ3v) is 4.91. The number of para-hydroxylation sites is 1. The summed E-state index contributed by atoms with van der Waals surface area (Å²) in [6, 6.07) is 3.71. The third-order valence-electron chi connectivity index (χ3n) is 2.21. The molecular weight excluding hydrogens is 375 g/mol. The van der Waals surface area contributed by atoms with Gasteiger partial charge in [0, 0.05) is 5.38 Å². The number of phenols is 1. The van der Waals surface area contributed by atoms with Crippen LogP contribution >= 0.6 is 11.3 Å². The Hall–Kier alpha value is -1.93. The summed E-state index contributed by atoms with van der Waals surface area (Å²) in [6.45, 7) is 1.18. The first-order valence-electron chi connectivity index (χ1n) is 5.74. The van der Waals surface area contributed by atoms with E-state index in [1.807, 2.05) is 0 Å². The number of aromatic hydroxyl groups is 1. The van der Waals surface area contributed by atoms with Crippen molar-refractivity contribution in [1.82, 2.24) is 4.98 Å². The average molecular weight is 388 g/mol. The van der Waals surface area contributed by atoms with E-state index in [9.17, 15) is 18.4 Å². The molecular formula is C12H13AsN2O6S. The molecule has 10 heteroatoms. The van der Waals surface area contributed by atoms with Gasteiger partial charge in [-0.05, 0) is 0 Å². The number of nitrogens with zero attached hydrogens (tertiary/aromatic N) is 1. The van der Waals surface area contributed by atoms with Gasteiger partial charge in [0.25, 0.3) is 0 Å². The normalized spacial score (nSPS) is 10.3. The van der Waals surface area contributed by atoms with Gasteiger partial charge in [0.2, 0.25) is 0 Å². The quantitative estimate of drug-likeness (QED) is 0.327. The van der Waals surface area contributed by atoms with Crippen LogP contribution in [0.4, 0.5) is 5.69 Å². The molecule has 2 aromatic rings. The Morgan fingerprint density at radius 3 is 2.50 bits per heavy atom. The van der Waals surface area contributed by atoms with Crippen LogP contribution in [0.1, 0.15) is 17.4 Å². The maximum atomic E-state index is 11.1. The number of carbonyl (C=O) groups excluding carboxylic acids is 2. The smallest absolute Gasteiger partial charge is 0.169 e. The van der Waals surface area contributed by atoms with Crippen molar-refractivity contribution < 1.29 is 26.6 Å². The minimum atomic E-state index is -5.14. The molecule has 0 saturated carbocycles. The Bertz CT molecular complexity index is 698. The number of aldehydes is 1. The maximum Gasteiger partial charge on any atom is 0.169 e. The van der Waals surface area contributed by atoms with E-state index in [1.165, 1.54) is 36.5 Å². The van der Waals surface area contributed by atoms with Crippen LogP contribution in [0.3, 0.4) is 0 Å². The monoisotopic (exact) mass is 388 g/mol. The molecule has 1 amide bonds. The first kappa shape index (κ1) is 18.1. The molecule has 0 bridgehead atoms. The number of rotatable bonds is 3. The molecule has 2 rings (SSSR count). The van der Waals surface area contributed by atoms with Crippen LogP contribution in [0.25, 0.3) is 0 Å². The molecule has 1 aromatic carbocycles. The summed E-state index contributed by atoms with van der Waals surface area (Å²) in [7, 11) is 0. The molecule has 8 nitrogen and oxygen atoms in total. The van der Waals surface area contributed by atoms with Crippen molar-refractivity contribution in [3.8, 4) is 5.75 Å². The summed E-state index contributed by atoms with van der Waals surface area (Å²) in [4.78, 5) is 24.3. The molecule has 0 saturated heterocycles. The largest absolute Gasteiger partial charge is 0.296 e. The van der Waals surface area contributed by atoms with Gasteiger partial charge in [-0.25, -0.2) is 4.98 Å². The van der Waals surface area contributed by atoms with E-state index >= 15 is 0 Å². The minimum absolute atomic E-state index is 0.225. The predicted molar refractivity (Wildman–Crippen MR) is 80.4 cm³/mol. The zero-order valence-corrected chi connectivity index (χ0v) is 14.0. The Labute approximate surface area is 132 Å². The number of anilines is 1. The molecule has 0 unspecified atom stereocenters. The summed E-state index contributed by atoms with van der Waals surface area (Å²) in [5.41, 5.74) is 1.92. The van der Waals surface area contributed by atoms with Gasteiger partial charge in [0.15, 0.2) is 6.29 Å². The molecule has 1 aromatic heterocycles. The van der Waals surface area contributed by atoms with Crippen molar-refractivity contribution in [2.75, 3.05) is 5.32 Å². The molecule has 0 aliphatic rings. The molecule has 118 valence electrons. The van der Waals surface area contributed by atoms with Crippen LogP contribution in [0.2, 0.25) is 0 Å². The van der Waals surface area contributed by atoms with Crippen molar-refractivity contribution in [1.29, 1.82) is 0 Å². The van der Waals surface area contributed by atoms with E-state index in [-0.39, 0.29) is 15.8 Å². The van der Waals surface area contributed by atoms with Gasteiger partial charge >= 0.3 is 88.1 Å². The predicted octanol–water partition coefficient (Wildman–Crippen LogP) is -0.133.